The maximum Gasteiger partial charge on any atom is -0.0184 e. The van der Waals surface area contributed by atoms with Crippen LogP contribution in [0.4, 0.5) is 0 Å². The van der Waals surface area contributed by atoms with Crippen LogP contribution in [0.3, 0.4) is 0 Å². The van der Waals surface area contributed by atoms with E-state index in [4.69, 9.17) is 0 Å². The highest BCUT2D eigenvalue weighted by molar-refractivity contribution is 5.73. The summed E-state index contributed by atoms with van der Waals surface area (Å²) in [6.45, 7) is 8.62. The van der Waals surface area contributed by atoms with Crippen LogP contribution in [0, 0.1) is 6.92 Å². The van der Waals surface area contributed by atoms with Crippen molar-refractivity contribution in [3.05, 3.63) is 89.5 Å². The summed E-state index contributed by atoms with van der Waals surface area (Å²) in [6, 6.07) is 26.4. The molecule has 0 radical (unpaired) electrons. The van der Waals surface area contributed by atoms with Gasteiger partial charge in [0.15, 0.2) is 0 Å². The van der Waals surface area contributed by atoms with Gasteiger partial charge >= 0.3 is 0 Å². The highest BCUT2D eigenvalue weighted by atomic mass is 14.1. The highest BCUT2D eigenvalue weighted by Gasteiger charge is 2.02. The summed E-state index contributed by atoms with van der Waals surface area (Å²) in [5.41, 5.74) is 10.4. The van der Waals surface area contributed by atoms with Gasteiger partial charge in [0.2, 0.25) is 0 Å². The molecule has 0 aliphatic rings. The van der Waals surface area contributed by atoms with Gasteiger partial charge in [0, 0.05) is 0 Å². The molecule has 0 saturated heterocycles. The van der Waals surface area contributed by atoms with Crippen LogP contribution in [0.2, 0.25) is 0 Å². The molecule has 3 aromatic carbocycles. The predicted molar refractivity (Wildman–Crippen MR) is 106 cm³/mol. The van der Waals surface area contributed by atoms with Crippen molar-refractivity contribution < 1.29 is 0 Å². The van der Waals surface area contributed by atoms with E-state index in [1.165, 1.54) is 44.5 Å². The maximum atomic E-state index is 2.21. The minimum Gasteiger partial charge on any atom is -0.0729 e. The largest absolute Gasteiger partial charge is 0.0729 e. The monoisotopic (exact) mass is 312 g/mol. The van der Waals surface area contributed by atoms with Crippen LogP contribution in [-0.2, 0) is 0 Å². The van der Waals surface area contributed by atoms with Crippen LogP contribution in [-0.4, -0.2) is 0 Å². The Morgan fingerprint density at radius 3 is 1.21 bits per heavy atom. The van der Waals surface area contributed by atoms with Crippen molar-refractivity contribution in [2.45, 2.75) is 27.7 Å². The van der Waals surface area contributed by atoms with Gasteiger partial charge in [0.05, 0.1) is 0 Å². The Morgan fingerprint density at radius 2 is 0.833 bits per heavy atom. The normalized spacial score (nSPS) is 10.5. The predicted octanol–water partition coefficient (Wildman–Crippen LogP) is 7.14. The fourth-order valence-electron chi connectivity index (χ4n) is 2.80. The first-order chi connectivity index (χ1) is 11.5. The second-order valence-corrected chi connectivity index (χ2v) is 6.65. The van der Waals surface area contributed by atoms with Crippen molar-refractivity contribution >= 4 is 5.57 Å². The summed E-state index contributed by atoms with van der Waals surface area (Å²) >= 11 is 0. The number of benzene rings is 3. The molecule has 0 heteroatoms. The van der Waals surface area contributed by atoms with Crippen molar-refractivity contribution in [1.29, 1.82) is 0 Å². The molecular formula is C24H24. The van der Waals surface area contributed by atoms with E-state index in [0.717, 1.165) is 0 Å². The summed E-state index contributed by atoms with van der Waals surface area (Å²) < 4.78 is 0. The van der Waals surface area contributed by atoms with E-state index >= 15 is 0 Å². The summed E-state index contributed by atoms with van der Waals surface area (Å²) in [6.07, 6.45) is 0. The second kappa shape index (κ2) is 6.88. The molecule has 0 spiro atoms. The molecule has 0 unspecified atom stereocenters. The quantitative estimate of drug-likeness (QED) is 0.482. The van der Waals surface area contributed by atoms with Gasteiger partial charge in [-0.05, 0) is 61.1 Å². The number of hydrogen-bond acceptors (Lipinski definition) is 0. The molecule has 0 bridgehead atoms. The zero-order valence-electron chi connectivity index (χ0n) is 14.9. The molecule has 3 aromatic rings. The first kappa shape index (κ1) is 16.3. The van der Waals surface area contributed by atoms with E-state index in [-0.39, 0.29) is 0 Å². The molecule has 0 heterocycles. The molecular weight excluding hydrogens is 288 g/mol. The zero-order chi connectivity index (χ0) is 17.1. The van der Waals surface area contributed by atoms with Gasteiger partial charge in [-0.1, -0.05) is 83.9 Å². The van der Waals surface area contributed by atoms with Gasteiger partial charge in [0.1, 0.15) is 0 Å². The molecule has 0 N–H and O–H groups in total. The molecule has 0 fully saturated rings. The molecule has 24 heavy (non-hydrogen) atoms. The third-order valence-corrected chi connectivity index (χ3v) is 4.67. The number of aryl methyl sites for hydroxylation is 1. The highest BCUT2D eigenvalue weighted by Crippen LogP contribution is 2.27. The van der Waals surface area contributed by atoms with E-state index in [2.05, 4.69) is 100 Å². The lowest BCUT2D eigenvalue weighted by atomic mass is 9.97. The van der Waals surface area contributed by atoms with Gasteiger partial charge in [-0.2, -0.15) is 0 Å². The summed E-state index contributed by atoms with van der Waals surface area (Å²) in [5, 5.41) is 0. The molecule has 0 aliphatic heterocycles. The van der Waals surface area contributed by atoms with Crippen LogP contribution >= 0.6 is 0 Å². The average molecular weight is 312 g/mol. The van der Waals surface area contributed by atoms with Crippen molar-refractivity contribution in [2.24, 2.45) is 0 Å². The Balaban J connectivity index is 1.86. The number of allylic oxidation sites excluding steroid dienone is 2. The molecule has 0 saturated carbocycles. The van der Waals surface area contributed by atoms with Gasteiger partial charge < -0.3 is 0 Å². The Bertz CT molecular complexity index is 841. The third kappa shape index (κ3) is 3.49. The fourth-order valence-corrected chi connectivity index (χ4v) is 2.80. The lowest BCUT2D eigenvalue weighted by molar-refractivity contribution is 1.36. The van der Waals surface area contributed by atoms with Crippen molar-refractivity contribution in [3.63, 3.8) is 0 Å². The Kier molecular flexibility index (Phi) is 4.66. The maximum absolute atomic E-state index is 2.21. The van der Waals surface area contributed by atoms with Crippen LogP contribution < -0.4 is 0 Å². The number of rotatable bonds is 3. The third-order valence-electron chi connectivity index (χ3n) is 4.67. The van der Waals surface area contributed by atoms with Crippen molar-refractivity contribution in [2.75, 3.05) is 0 Å². The van der Waals surface area contributed by atoms with E-state index in [1.807, 2.05) is 0 Å². The topological polar surface area (TPSA) is 0 Å². The minimum absolute atomic E-state index is 1.26. The van der Waals surface area contributed by atoms with Crippen LogP contribution in [0.15, 0.2) is 78.4 Å². The van der Waals surface area contributed by atoms with Crippen LogP contribution in [0.1, 0.15) is 31.9 Å². The molecule has 120 valence electrons. The molecule has 0 amide bonds. The summed E-state index contributed by atoms with van der Waals surface area (Å²) in [7, 11) is 0. The SMILES string of the molecule is CC(C)=C(C)c1ccc(-c2ccc(-c3ccc(C)cc3)cc2)cc1. The first-order valence-electron chi connectivity index (χ1n) is 8.46. The van der Waals surface area contributed by atoms with Crippen LogP contribution in [0.5, 0.6) is 0 Å². The van der Waals surface area contributed by atoms with E-state index < -0.39 is 0 Å². The second-order valence-electron chi connectivity index (χ2n) is 6.65. The van der Waals surface area contributed by atoms with Gasteiger partial charge in [0.25, 0.3) is 0 Å². The molecule has 0 aromatic heterocycles. The molecule has 0 aliphatic carbocycles. The average Bonchev–Trinajstić information content (AvgIpc) is 2.62. The molecule has 0 nitrogen and oxygen atoms in total. The standard InChI is InChI=1S/C24H24/c1-17(2)19(4)20-9-11-22(12-10-20)24-15-13-23(14-16-24)21-7-5-18(3)6-8-21/h5-16H,1-4H3. The molecule has 0 atom stereocenters. The van der Waals surface area contributed by atoms with Gasteiger partial charge in [-0.15, -0.1) is 0 Å². The smallest absolute Gasteiger partial charge is 0.0184 e. The van der Waals surface area contributed by atoms with E-state index in [9.17, 15) is 0 Å². The number of hydrogen-bond donors (Lipinski definition) is 0. The first-order valence-corrected chi connectivity index (χ1v) is 8.46. The summed E-state index contributed by atoms with van der Waals surface area (Å²) in [5.74, 6) is 0. The van der Waals surface area contributed by atoms with Crippen molar-refractivity contribution in [1.82, 2.24) is 0 Å². The van der Waals surface area contributed by atoms with Crippen molar-refractivity contribution in [3.8, 4) is 22.3 Å². The fraction of sp³-hybridized carbons (Fsp3) is 0.167. The summed E-state index contributed by atoms with van der Waals surface area (Å²) in [4.78, 5) is 0. The van der Waals surface area contributed by atoms with E-state index in [1.54, 1.807) is 0 Å². The van der Waals surface area contributed by atoms with Gasteiger partial charge in [-0.3, -0.25) is 0 Å². The Labute approximate surface area is 145 Å². The minimum atomic E-state index is 1.26. The zero-order valence-corrected chi connectivity index (χ0v) is 14.9. The van der Waals surface area contributed by atoms with Gasteiger partial charge in [-0.25, -0.2) is 0 Å². The molecule has 3 rings (SSSR count). The lowest BCUT2D eigenvalue weighted by Gasteiger charge is -2.08. The van der Waals surface area contributed by atoms with Crippen LogP contribution in [0.25, 0.3) is 27.8 Å². The lowest BCUT2D eigenvalue weighted by Crippen LogP contribution is -1.84. The Hall–Kier alpha value is -2.60. The Morgan fingerprint density at radius 1 is 0.500 bits per heavy atom. The van der Waals surface area contributed by atoms with E-state index in [0.29, 0.717) is 0 Å².